The molecule has 0 aliphatic rings. The zero-order chi connectivity index (χ0) is 21.6. The van der Waals surface area contributed by atoms with Gasteiger partial charge in [0.1, 0.15) is 6.04 Å². The Hall–Kier alpha value is -2.62. The second-order valence-electron chi connectivity index (χ2n) is 8.10. The lowest BCUT2D eigenvalue weighted by atomic mass is 10.0. The molecule has 0 aliphatic carbocycles. The molecule has 2 unspecified atom stereocenters. The third-order valence-electron chi connectivity index (χ3n) is 5.53. The molecule has 0 heterocycles. The van der Waals surface area contributed by atoms with Crippen molar-refractivity contribution < 1.29 is 9.59 Å². The molecule has 29 heavy (non-hydrogen) atoms. The van der Waals surface area contributed by atoms with Gasteiger partial charge < -0.3 is 10.2 Å². The summed E-state index contributed by atoms with van der Waals surface area (Å²) in [5.74, 6) is -0.151. The van der Waals surface area contributed by atoms with Crippen LogP contribution in [0.25, 0.3) is 0 Å². The van der Waals surface area contributed by atoms with Crippen molar-refractivity contribution in [2.24, 2.45) is 0 Å². The Kier molecular flexibility index (Phi) is 8.00. The van der Waals surface area contributed by atoms with Gasteiger partial charge in [0, 0.05) is 12.6 Å². The molecular weight excluding hydrogens is 360 g/mol. The number of hydrogen-bond acceptors (Lipinski definition) is 2. The minimum absolute atomic E-state index is 0.0402. The normalized spacial score (nSPS) is 12.9. The van der Waals surface area contributed by atoms with E-state index in [-0.39, 0.29) is 24.3 Å². The molecule has 4 heteroatoms. The van der Waals surface area contributed by atoms with Crippen molar-refractivity contribution >= 4 is 11.8 Å². The van der Waals surface area contributed by atoms with E-state index < -0.39 is 6.04 Å². The number of nitrogens with zero attached hydrogens (tertiary/aromatic N) is 1. The van der Waals surface area contributed by atoms with Gasteiger partial charge in [0.2, 0.25) is 11.8 Å². The Morgan fingerprint density at radius 1 is 0.966 bits per heavy atom. The van der Waals surface area contributed by atoms with E-state index in [1.807, 2.05) is 58.0 Å². The van der Waals surface area contributed by atoms with Crippen molar-refractivity contribution in [3.05, 3.63) is 70.3 Å². The fourth-order valence-electron chi connectivity index (χ4n) is 3.24. The summed E-state index contributed by atoms with van der Waals surface area (Å²) in [4.78, 5) is 27.7. The van der Waals surface area contributed by atoms with Crippen LogP contribution in [0.15, 0.2) is 42.5 Å². The number of rotatable bonds is 8. The molecule has 0 fully saturated rings. The molecule has 156 valence electrons. The number of nitrogens with one attached hydrogen (secondary N) is 1. The summed E-state index contributed by atoms with van der Waals surface area (Å²) in [5, 5.41) is 3.01. The number of carbonyl (C=O) groups is 2. The zero-order valence-corrected chi connectivity index (χ0v) is 18.6. The molecule has 2 aromatic carbocycles. The van der Waals surface area contributed by atoms with Gasteiger partial charge in [-0.05, 0) is 63.3 Å². The van der Waals surface area contributed by atoms with Crippen molar-refractivity contribution in [3.63, 3.8) is 0 Å². The highest BCUT2D eigenvalue weighted by Gasteiger charge is 2.26. The standard InChI is InChI=1S/C25H34N2O2/c1-7-20(5)26-25(29)21(6)27(16-23-10-8-9-17(2)13-23)24(28)15-22-12-11-18(3)19(4)14-22/h8-14,20-21H,7,15-16H2,1-6H3,(H,26,29). The Bertz CT molecular complexity index is 860. The van der Waals surface area contributed by atoms with E-state index in [9.17, 15) is 9.59 Å². The molecule has 0 aromatic heterocycles. The summed E-state index contributed by atoms with van der Waals surface area (Å²) >= 11 is 0. The lowest BCUT2D eigenvalue weighted by Gasteiger charge is -2.30. The average molecular weight is 395 g/mol. The predicted octanol–water partition coefficient (Wildman–Crippen LogP) is 4.49. The summed E-state index contributed by atoms with van der Waals surface area (Å²) in [5.41, 5.74) is 5.52. The molecule has 2 rings (SSSR count). The monoisotopic (exact) mass is 394 g/mol. The number of aryl methyl sites for hydroxylation is 3. The third kappa shape index (κ3) is 6.45. The van der Waals surface area contributed by atoms with Gasteiger partial charge in [0.05, 0.1) is 6.42 Å². The number of benzene rings is 2. The van der Waals surface area contributed by atoms with Crippen LogP contribution in [0.3, 0.4) is 0 Å². The second-order valence-corrected chi connectivity index (χ2v) is 8.10. The summed E-state index contributed by atoms with van der Waals surface area (Å²) in [6, 6.07) is 13.7. The van der Waals surface area contributed by atoms with Gasteiger partial charge in [-0.1, -0.05) is 55.0 Å². The smallest absolute Gasteiger partial charge is 0.242 e. The molecule has 0 spiro atoms. The Morgan fingerprint density at radius 3 is 2.31 bits per heavy atom. The number of amides is 2. The van der Waals surface area contributed by atoms with Crippen molar-refractivity contribution in [1.29, 1.82) is 0 Å². The summed E-state index contributed by atoms with van der Waals surface area (Å²) in [6.07, 6.45) is 1.14. The zero-order valence-electron chi connectivity index (χ0n) is 18.6. The highest BCUT2D eigenvalue weighted by atomic mass is 16.2. The van der Waals surface area contributed by atoms with Gasteiger partial charge >= 0.3 is 0 Å². The van der Waals surface area contributed by atoms with Crippen molar-refractivity contribution in [3.8, 4) is 0 Å². The lowest BCUT2D eigenvalue weighted by molar-refractivity contribution is -0.140. The van der Waals surface area contributed by atoms with Gasteiger partial charge in [-0.2, -0.15) is 0 Å². The largest absolute Gasteiger partial charge is 0.352 e. The maximum atomic E-state index is 13.2. The molecule has 2 atom stereocenters. The third-order valence-corrected chi connectivity index (χ3v) is 5.53. The van der Waals surface area contributed by atoms with E-state index in [0.29, 0.717) is 6.54 Å². The molecule has 0 saturated carbocycles. The highest BCUT2D eigenvalue weighted by Crippen LogP contribution is 2.16. The maximum Gasteiger partial charge on any atom is 0.242 e. The van der Waals surface area contributed by atoms with E-state index in [4.69, 9.17) is 0 Å². The minimum Gasteiger partial charge on any atom is -0.352 e. The first-order chi connectivity index (χ1) is 13.7. The van der Waals surface area contributed by atoms with Gasteiger partial charge in [-0.25, -0.2) is 0 Å². The predicted molar refractivity (Wildman–Crippen MR) is 119 cm³/mol. The first-order valence-electron chi connectivity index (χ1n) is 10.4. The van der Waals surface area contributed by atoms with E-state index in [2.05, 4.69) is 31.3 Å². The topological polar surface area (TPSA) is 49.4 Å². The fourth-order valence-corrected chi connectivity index (χ4v) is 3.24. The molecule has 4 nitrogen and oxygen atoms in total. The van der Waals surface area contributed by atoms with Crippen molar-refractivity contribution in [2.75, 3.05) is 0 Å². The van der Waals surface area contributed by atoms with E-state index in [1.54, 1.807) is 4.90 Å². The van der Waals surface area contributed by atoms with E-state index >= 15 is 0 Å². The first kappa shape index (κ1) is 22.7. The minimum atomic E-state index is -0.538. The van der Waals surface area contributed by atoms with Crippen LogP contribution in [0.5, 0.6) is 0 Å². The van der Waals surface area contributed by atoms with Crippen LogP contribution >= 0.6 is 0 Å². The quantitative estimate of drug-likeness (QED) is 0.717. The van der Waals surface area contributed by atoms with Crippen LogP contribution in [0.4, 0.5) is 0 Å². The first-order valence-corrected chi connectivity index (χ1v) is 10.4. The SMILES string of the molecule is CCC(C)NC(=O)C(C)N(Cc1cccc(C)c1)C(=O)Cc1ccc(C)c(C)c1. The van der Waals surface area contributed by atoms with Crippen LogP contribution in [0.2, 0.25) is 0 Å². The van der Waals surface area contributed by atoms with Crippen LogP contribution < -0.4 is 5.32 Å². The van der Waals surface area contributed by atoms with E-state index in [0.717, 1.165) is 23.1 Å². The van der Waals surface area contributed by atoms with Crippen LogP contribution in [0.1, 0.15) is 55.0 Å². The summed E-state index contributed by atoms with van der Waals surface area (Å²) in [7, 11) is 0. The van der Waals surface area contributed by atoms with Crippen LogP contribution in [-0.4, -0.2) is 28.8 Å². The molecule has 1 N–H and O–H groups in total. The van der Waals surface area contributed by atoms with Gasteiger partial charge in [0.15, 0.2) is 0 Å². The molecule has 0 radical (unpaired) electrons. The van der Waals surface area contributed by atoms with Crippen LogP contribution in [0, 0.1) is 20.8 Å². The maximum absolute atomic E-state index is 13.2. The number of hydrogen-bond donors (Lipinski definition) is 1. The van der Waals surface area contributed by atoms with Crippen LogP contribution in [-0.2, 0) is 22.6 Å². The molecular formula is C25H34N2O2. The number of carbonyl (C=O) groups excluding carboxylic acids is 2. The van der Waals surface area contributed by atoms with Gasteiger partial charge in [-0.15, -0.1) is 0 Å². The molecule has 0 bridgehead atoms. The van der Waals surface area contributed by atoms with Gasteiger partial charge in [-0.3, -0.25) is 9.59 Å². The summed E-state index contributed by atoms with van der Waals surface area (Å²) < 4.78 is 0. The molecule has 2 amide bonds. The Morgan fingerprint density at radius 2 is 1.69 bits per heavy atom. The van der Waals surface area contributed by atoms with Crippen molar-refractivity contribution in [1.82, 2.24) is 10.2 Å². The molecule has 2 aromatic rings. The molecule has 0 aliphatic heterocycles. The Labute approximate surface area is 175 Å². The average Bonchev–Trinajstić information content (AvgIpc) is 2.68. The second kappa shape index (κ2) is 10.2. The van der Waals surface area contributed by atoms with E-state index in [1.165, 1.54) is 11.1 Å². The summed E-state index contributed by atoms with van der Waals surface area (Å²) in [6.45, 7) is 12.4. The van der Waals surface area contributed by atoms with Gasteiger partial charge in [0.25, 0.3) is 0 Å². The lowest BCUT2D eigenvalue weighted by Crippen LogP contribution is -2.49. The fraction of sp³-hybridized carbons (Fsp3) is 0.440. The Balaban J connectivity index is 2.25. The molecule has 0 saturated heterocycles. The van der Waals surface area contributed by atoms with Crippen molar-refractivity contribution in [2.45, 2.75) is 73.0 Å². The highest BCUT2D eigenvalue weighted by molar-refractivity contribution is 5.88.